The van der Waals surface area contributed by atoms with Gasteiger partial charge in [0.1, 0.15) is 0 Å². The van der Waals surface area contributed by atoms with Crippen molar-refractivity contribution in [3.8, 4) is 6.19 Å². The van der Waals surface area contributed by atoms with Crippen LogP contribution >= 0.6 is 0 Å². The predicted molar refractivity (Wildman–Crippen MR) is 73.7 cm³/mol. The molecule has 19 heavy (non-hydrogen) atoms. The van der Waals surface area contributed by atoms with Gasteiger partial charge in [-0.05, 0) is 37.6 Å². The van der Waals surface area contributed by atoms with Crippen molar-refractivity contribution in [2.45, 2.75) is 25.4 Å². The molecule has 0 atom stereocenters. The molecule has 1 aromatic carbocycles. The van der Waals surface area contributed by atoms with Crippen molar-refractivity contribution in [3.05, 3.63) is 29.8 Å². The minimum Gasteiger partial charge on any atom is -0.334 e. The summed E-state index contributed by atoms with van der Waals surface area (Å²) in [6.07, 6.45) is 4.18. The zero-order chi connectivity index (χ0) is 13.1. The van der Waals surface area contributed by atoms with Gasteiger partial charge < -0.3 is 10.2 Å². The summed E-state index contributed by atoms with van der Waals surface area (Å²) >= 11 is 0. The fourth-order valence-electron chi connectivity index (χ4n) is 2.76. The molecular weight excluding hydrogens is 238 g/mol. The van der Waals surface area contributed by atoms with Crippen LogP contribution in [0.15, 0.2) is 29.3 Å². The summed E-state index contributed by atoms with van der Waals surface area (Å²) in [5.41, 5.74) is 2.19. The van der Waals surface area contributed by atoms with E-state index in [4.69, 9.17) is 5.26 Å². The minimum atomic E-state index is 0.453. The van der Waals surface area contributed by atoms with E-state index in [1.54, 1.807) is 0 Å². The molecule has 1 aromatic rings. The second-order valence-electron chi connectivity index (χ2n) is 4.91. The number of aliphatic imine (C=N–C) groups is 1. The Kier molecular flexibility index (Phi) is 3.34. The lowest BCUT2D eigenvalue weighted by molar-refractivity contribution is 0.239. The Hall–Kier alpha value is -2.06. The van der Waals surface area contributed by atoms with Crippen LogP contribution in [0.1, 0.15) is 18.4 Å². The van der Waals surface area contributed by atoms with Crippen LogP contribution in [0.5, 0.6) is 0 Å². The van der Waals surface area contributed by atoms with Crippen molar-refractivity contribution in [2.24, 2.45) is 4.99 Å². The fraction of sp³-hybridized carbons (Fsp3) is 0.429. The van der Waals surface area contributed by atoms with Crippen LogP contribution in [-0.4, -0.2) is 30.0 Å². The van der Waals surface area contributed by atoms with E-state index in [2.05, 4.69) is 26.6 Å². The molecule has 0 aliphatic carbocycles. The largest absolute Gasteiger partial charge is 0.334 e. The first-order chi connectivity index (χ1) is 9.38. The van der Waals surface area contributed by atoms with Gasteiger partial charge in [-0.25, -0.2) is 4.99 Å². The monoisotopic (exact) mass is 255 g/mol. The molecule has 1 saturated heterocycles. The summed E-state index contributed by atoms with van der Waals surface area (Å²) in [6, 6.07) is 8.57. The van der Waals surface area contributed by atoms with Crippen molar-refractivity contribution in [1.29, 1.82) is 5.26 Å². The molecule has 0 bridgehead atoms. The Morgan fingerprint density at radius 3 is 2.89 bits per heavy atom. The third-order valence-corrected chi connectivity index (χ3v) is 3.75. The number of rotatable bonds is 1. The van der Waals surface area contributed by atoms with Crippen LogP contribution in [-0.2, 0) is 6.54 Å². The van der Waals surface area contributed by atoms with E-state index in [1.165, 1.54) is 5.56 Å². The minimum absolute atomic E-state index is 0.453. The van der Waals surface area contributed by atoms with Gasteiger partial charge in [0, 0.05) is 12.6 Å². The van der Waals surface area contributed by atoms with Crippen molar-refractivity contribution < 1.29 is 0 Å². The smallest absolute Gasteiger partial charge is 0.213 e. The molecule has 0 radical (unpaired) electrons. The van der Waals surface area contributed by atoms with Gasteiger partial charge in [-0.1, -0.05) is 18.2 Å². The lowest BCUT2D eigenvalue weighted by Gasteiger charge is -2.38. The molecule has 0 amide bonds. The molecule has 0 unspecified atom stereocenters. The van der Waals surface area contributed by atoms with Crippen molar-refractivity contribution >= 4 is 11.6 Å². The van der Waals surface area contributed by atoms with Crippen LogP contribution < -0.4 is 10.6 Å². The lowest BCUT2D eigenvalue weighted by Crippen LogP contribution is -2.50. The first-order valence-electron chi connectivity index (χ1n) is 6.67. The second kappa shape index (κ2) is 5.29. The van der Waals surface area contributed by atoms with Gasteiger partial charge in [0.05, 0.1) is 5.69 Å². The first-order valence-corrected chi connectivity index (χ1v) is 6.67. The Balaban J connectivity index is 1.90. The highest BCUT2D eigenvalue weighted by Crippen LogP contribution is 2.28. The number of piperidine rings is 1. The average molecular weight is 255 g/mol. The van der Waals surface area contributed by atoms with Gasteiger partial charge in [0.25, 0.3) is 0 Å². The van der Waals surface area contributed by atoms with Crippen LogP contribution in [0, 0.1) is 11.5 Å². The third-order valence-electron chi connectivity index (χ3n) is 3.75. The standard InChI is InChI=1S/C14H17N5/c15-10-17-14-18-13-4-2-1-3-11(13)9-19(14)12-5-7-16-8-6-12/h1-4,12,16H,5-9H2,(H,17,18). The number of nitriles is 1. The number of hydrogen-bond donors (Lipinski definition) is 2. The summed E-state index contributed by atoms with van der Waals surface area (Å²) in [6.45, 7) is 2.89. The molecular formula is C14H17N5. The molecule has 0 saturated carbocycles. The van der Waals surface area contributed by atoms with Crippen molar-refractivity contribution in [3.63, 3.8) is 0 Å². The molecule has 0 spiro atoms. The van der Waals surface area contributed by atoms with Gasteiger partial charge in [0.2, 0.25) is 5.96 Å². The molecule has 2 aliphatic rings. The lowest BCUT2D eigenvalue weighted by atomic mass is 10.0. The molecule has 5 nitrogen and oxygen atoms in total. The Morgan fingerprint density at radius 2 is 2.11 bits per heavy atom. The van der Waals surface area contributed by atoms with Crippen molar-refractivity contribution in [1.82, 2.24) is 15.5 Å². The quantitative estimate of drug-likeness (QED) is 0.586. The number of fused-ring (bicyclic) bond motifs is 1. The zero-order valence-corrected chi connectivity index (χ0v) is 10.8. The Morgan fingerprint density at radius 1 is 1.32 bits per heavy atom. The van der Waals surface area contributed by atoms with Crippen molar-refractivity contribution in [2.75, 3.05) is 13.1 Å². The summed E-state index contributed by atoms with van der Waals surface area (Å²) in [5, 5.41) is 15.0. The average Bonchev–Trinajstić information content (AvgIpc) is 2.48. The maximum Gasteiger partial charge on any atom is 0.213 e. The molecule has 2 N–H and O–H groups in total. The highest BCUT2D eigenvalue weighted by molar-refractivity contribution is 5.86. The normalized spacial score (nSPS) is 19.3. The maximum atomic E-state index is 8.90. The summed E-state index contributed by atoms with van der Waals surface area (Å²) in [7, 11) is 0. The van der Waals surface area contributed by atoms with Gasteiger partial charge in [0.15, 0.2) is 6.19 Å². The summed E-state index contributed by atoms with van der Waals surface area (Å²) < 4.78 is 0. The van der Waals surface area contributed by atoms with E-state index in [9.17, 15) is 0 Å². The molecule has 2 heterocycles. The SMILES string of the molecule is N#CNC1=Nc2ccccc2CN1C1CCNCC1. The summed E-state index contributed by atoms with van der Waals surface area (Å²) in [4.78, 5) is 6.81. The van der Waals surface area contributed by atoms with E-state index < -0.39 is 0 Å². The number of para-hydroxylation sites is 1. The zero-order valence-electron chi connectivity index (χ0n) is 10.8. The van der Waals surface area contributed by atoms with Crippen LogP contribution in [0.2, 0.25) is 0 Å². The molecule has 98 valence electrons. The fourth-order valence-corrected chi connectivity index (χ4v) is 2.76. The predicted octanol–water partition coefficient (Wildman–Crippen LogP) is 1.31. The first kappa shape index (κ1) is 12.0. The van der Waals surface area contributed by atoms with Crippen LogP contribution in [0.4, 0.5) is 5.69 Å². The third kappa shape index (κ3) is 2.40. The number of nitrogens with zero attached hydrogens (tertiary/aromatic N) is 3. The number of nitrogens with one attached hydrogen (secondary N) is 2. The van der Waals surface area contributed by atoms with E-state index >= 15 is 0 Å². The van der Waals surface area contributed by atoms with E-state index in [0.717, 1.165) is 38.2 Å². The molecule has 0 aromatic heterocycles. The van der Waals surface area contributed by atoms with Gasteiger partial charge in [-0.2, -0.15) is 5.26 Å². The Labute approximate surface area is 112 Å². The van der Waals surface area contributed by atoms with Crippen LogP contribution in [0.3, 0.4) is 0 Å². The van der Waals surface area contributed by atoms with Gasteiger partial charge >= 0.3 is 0 Å². The van der Waals surface area contributed by atoms with E-state index in [-0.39, 0.29) is 0 Å². The molecule has 5 heteroatoms. The number of benzene rings is 1. The number of guanidine groups is 1. The Bertz CT molecular complexity index is 525. The molecule has 2 aliphatic heterocycles. The molecule has 1 fully saturated rings. The van der Waals surface area contributed by atoms with E-state index in [1.807, 2.05) is 24.4 Å². The van der Waals surface area contributed by atoms with Crippen LogP contribution in [0.25, 0.3) is 0 Å². The highest BCUT2D eigenvalue weighted by Gasteiger charge is 2.27. The highest BCUT2D eigenvalue weighted by atomic mass is 15.3. The molecule has 3 rings (SSSR count). The summed E-state index contributed by atoms with van der Waals surface area (Å²) in [5.74, 6) is 0.688. The second-order valence-corrected chi connectivity index (χ2v) is 4.91. The van der Waals surface area contributed by atoms with Gasteiger partial charge in [-0.3, -0.25) is 5.32 Å². The number of hydrogen-bond acceptors (Lipinski definition) is 5. The maximum absolute atomic E-state index is 8.90. The van der Waals surface area contributed by atoms with Gasteiger partial charge in [-0.15, -0.1) is 0 Å². The van der Waals surface area contributed by atoms with E-state index in [0.29, 0.717) is 12.0 Å². The topological polar surface area (TPSA) is 63.5 Å².